The number of aromatic nitrogens is 1. The average molecular weight is 482 g/mol. The number of carbonyl (C=O) groups is 2. The minimum absolute atomic E-state index is 0.259. The van der Waals surface area contributed by atoms with Crippen LogP contribution in [0.3, 0.4) is 0 Å². The topological polar surface area (TPSA) is 93.0 Å². The van der Waals surface area contributed by atoms with E-state index in [1.54, 1.807) is 17.0 Å². The summed E-state index contributed by atoms with van der Waals surface area (Å²) in [7, 11) is -2.87. The van der Waals surface area contributed by atoms with Gasteiger partial charge in [-0.15, -0.1) is 0 Å². The molecule has 4 fully saturated rings. The SMILES string of the molecule is [2H]On1c2c(c3ccc4c(c31)C=CC(C)(C)O4)C(OC([2H])([2H])[2H])[C@@]13NC(=O)C4(CCCN4C1=O)CC3C2(C)C. The number of carbonyl (C=O) groups excluding carboxylic acids is 2. The Kier molecular flexibility index (Phi) is 3.01. The van der Waals surface area contributed by atoms with Crippen molar-refractivity contribution in [3.63, 3.8) is 0 Å². The Hall–Kier alpha value is -3.00. The number of hydrogen-bond acceptors (Lipinski definition) is 5. The standard InChI is InChI=1S/C27H31N3O5/c1-24(2)11-9-14-16(35-24)8-7-15-18-20(30(33)19(14)15)25(3,4)17-13-26-10-6-12-29(26)23(32)27(17,21(18)34-5)28-22(26)31/h7-9,11,17,21,33H,6,10,12-13H2,1-5H3,(H,28,31)/t17?,21?,26?,27-/m1/s1/i5D3,33D. The molecule has 4 atom stereocenters. The predicted molar refractivity (Wildman–Crippen MR) is 128 cm³/mol. The highest BCUT2D eigenvalue weighted by Gasteiger charge is 2.76. The lowest BCUT2D eigenvalue weighted by Crippen LogP contribution is -2.85. The third-order valence-corrected chi connectivity index (χ3v) is 9.35. The number of piperazine rings is 1. The summed E-state index contributed by atoms with van der Waals surface area (Å²) in [6, 6.07) is 3.59. The van der Waals surface area contributed by atoms with Crippen LogP contribution in [0.25, 0.3) is 17.0 Å². The fraction of sp³-hybridized carbons (Fsp3) is 0.556. The van der Waals surface area contributed by atoms with Crippen molar-refractivity contribution in [2.45, 2.75) is 75.2 Å². The lowest BCUT2D eigenvalue weighted by atomic mass is 9.50. The van der Waals surface area contributed by atoms with E-state index in [-0.39, 0.29) is 11.8 Å². The van der Waals surface area contributed by atoms with Crippen LogP contribution >= 0.6 is 0 Å². The van der Waals surface area contributed by atoms with Gasteiger partial charge in [-0.1, -0.05) is 13.8 Å². The molecule has 2 N–H and O–H groups in total. The van der Waals surface area contributed by atoms with Crippen LogP contribution < -0.4 is 10.1 Å². The molecule has 0 radical (unpaired) electrons. The first-order valence-electron chi connectivity index (χ1n) is 14.1. The van der Waals surface area contributed by atoms with Gasteiger partial charge in [-0.05, 0) is 57.4 Å². The summed E-state index contributed by atoms with van der Waals surface area (Å²) in [6.07, 6.45) is 4.10. The van der Waals surface area contributed by atoms with E-state index in [4.69, 9.17) is 20.2 Å². The van der Waals surface area contributed by atoms with Crippen LogP contribution in [0.15, 0.2) is 18.2 Å². The van der Waals surface area contributed by atoms with Gasteiger partial charge in [0.25, 0.3) is 5.91 Å². The second-order valence-electron chi connectivity index (χ2n) is 11.9. The predicted octanol–water partition coefficient (Wildman–Crippen LogP) is 3.29. The Morgan fingerprint density at radius 2 is 2.11 bits per heavy atom. The molecule has 2 amide bonds. The summed E-state index contributed by atoms with van der Waals surface area (Å²) in [5, 5.41) is 8.90. The van der Waals surface area contributed by atoms with Crippen molar-refractivity contribution in [3.8, 4) is 5.75 Å². The first-order valence-corrected chi connectivity index (χ1v) is 12.2. The number of ether oxygens (including phenoxy) is 2. The van der Waals surface area contributed by atoms with Gasteiger partial charge in [-0.3, -0.25) is 9.59 Å². The quantitative estimate of drug-likeness (QED) is 0.642. The molecule has 6 aliphatic rings. The van der Waals surface area contributed by atoms with Crippen LogP contribution in [0.5, 0.6) is 5.75 Å². The number of amides is 2. The summed E-state index contributed by atoms with van der Waals surface area (Å²) in [5.74, 6) is -0.482. The fourth-order valence-electron chi connectivity index (χ4n) is 7.86. The number of piperidine rings is 2. The first-order chi connectivity index (χ1) is 18.2. The fourth-order valence-corrected chi connectivity index (χ4v) is 7.86. The number of hydrogen-bond donors (Lipinski definition) is 2. The molecular weight excluding hydrogens is 446 g/mol. The minimum Gasteiger partial charge on any atom is -0.483 e. The number of nitrogens with zero attached hydrogens (tertiary/aromatic N) is 2. The van der Waals surface area contributed by atoms with Gasteiger partial charge in [0.05, 0.1) is 15.3 Å². The molecule has 1 aromatic heterocycles. The molecular formula is C27H31N3O5. The highest BCUT2D eigenvalue weighted by atomic mass is 16.5. The zero-order valence-electron chi connectivity index (χ0n) is 24.2. The molecule has 3 unspecified atom stereocenters. The van der Waals surface area contributed by atoms with Crippen LogP contribution in [-0.4, -0.2) is 56.9 Å². The molecule has 8 rings (SSSR count). The van der Waals surface area contributed by atoms with Crippen molar-refractivity contribution in [2.24, 2.45) is 5.92 Å². The summed E-state index contributed by atoms with van der Waals surface area (Å²) in [6.45, 7) is 8.25. The van der Waals surface area contributed by atoms with Gasteiger partial charge in [-0.2, -0.15) is 4.73 Å². The zero-order valence-corrected chi connectivity index (χ0v) is 20.2. The maximum absolute atomic E-state index is 14.4. The lowest BCUT2D eigenvalue weighted by Gasteiger charge is -2.65. The molecule has 2 bridgehead atoms. The minimum atomic E-state index is -2.87. The van der Waals surface area contributed by atoms with Crippen molar-refractivity contribution in [3.05, 3.63) is 35.0 Å². The number of rotatable bonds is 2. The third kappa shape index (κ3) is 2.15. The van der Waals surface area contributed by atoms with Gasteiger partial charge in [0.1, 0.15) is 23.0 Å². The van der Waals surface area contributed by atoms with E-state index in [0.29, 0.717) is 59.3 Å². The second-order valence-corrected chi connectivity index (χ2v) is 11.9. The molecule has 5 aliphatic heterocycles. The number of methoxy groups -OCH3 is 1. The second kappa shape index (κ2) is 6.03. The van der Waals surface area contributed by atoms with E-state index in [0.717, 1.165) is 0 Å². The smallest absolute Gasteiger partial charge is 0.327 e. The van der Waals surface area contributed by atoms with Crippen molar-refractivity contribution < 1.29 is 29.8 Å². The largest absolute Gasteiger partial charge is 0.483 e. The number of fused-ring (bicyclic) bond motifs is 6. The molecule has 2 aromatic rings. The number of nitrogens with one attached hydrogen (secondary N) is 1. The average Bonchev–Trinajstić information content (AvgIpc) is 3.42. The van der Waals surface area contributed by atoms with Gasteiger partial charge in [-0.25, -0.2) is 0 Å². The highest BCUT2D eigenvalue weighted by molar-refractivity contribution is 6.07. The number of benzene rings is 1. The van der Waals surface area contributed by atoms with Gasteiger partial charge in [0, 0.05) is 41.4 Å². The van der Waals surface area contributed by atoms with Crippen LogP contribution in [0.4, 0.5) is 0 Å². The molecule has 4 saturated heterocycles. The summed E-state index contributed by atoms with van der Waals surface area (Å²) in [4.78, 5) is 29.7. The Labute approximate surface area is 209 Å². The first kappa shape index (κ1) is 17.4. The molecule has 8 nitrogen and oxygen atoms in total. The van der Waals surface area contributed by atoms with E-state index in [1.165, 1.54) is 4.73 Å². The Balaban J connectivity index is 1.58. The maximum atomic E-state index is 14.4. The molecule has 8 heteroatoms. The molecule has 1 aliphatic carbocycles. The van der Waals surface area contributed by atoms with Crippen molar-refractivity contribution in [1.29, 1.82) is 0 Å². The summed E-state index contributed by atoms with van der Waals surface area (Å²) >= 11 is 0. The normalized spacial score (nSPS) is 37.2. The van der Waals surface area contributed by atoms with Crippen LogP contribution in [-0.2, 0) is 19.7 Å². The lowest BCUT2D eigenvalue weighted by molar-refractivity contribution is -0.193. The van der Waals surface area contributed by atoms with Gasteiger partial charge in [0.2, 0.25) is 5.91 Å². The van der Waals surface area contributed by atoms with Gasteiger partial charge in [0.15, 0.2) is 5.54 Å². The van der Waals surface area contributed by atoms with Crippen molar-refractivity contribution in [2.75, 3.05) is 13.6 Å². The molecule has 6 heterocycles. The maximum Gasteiger partial charge on any atom is 0.327 e. The van der Waals surface area contributed by atoms with Gasteiger partial charge < -0.3 is 24.9 Å². The van der Waals surface area contributed by atoms with E-state index in [9.17, 15) is 9.59 Å². The van der Waals surface area contributed by atoms with E-state index < -0.39 is 41.2 Å². The molecule has 1 aromatic carbocycles. The Bertz CT molecular complexity index is 1510. The van der Waals surface area contributed by atoms with Crippen molar-refractivity contribution in [1.82, 2.24) is 14.9 Å². The van der Waals surface area contributed by atoms with E-state index in [2.05, 4.69) is 5.32 Å². The van der Waals surface area contributed by atoms with Crippen LogP contribution in [0, 0.1) is 5.92 Å². The Morgan fingerprint density at radius 1 is 1.29 bits per heavy atom. The molecule has 35 heavy (non-hydrogen) atoms. The molecule has 0 saturated carbocycles. The summed E-state index contributed by atoms with van der Waals surface area (Å²) < 4.78 is 45.8. The zero-order chi connectivity index (χ0) is 27.9. The molecule has 2 spiro atoms. The Morgan fingerprint density at radius 3 is 2.89 bits per heavy atom. The van der Waals surface area contributed by atoms with Crippen LogP contribution in [0.2, 0.25) is 1.43 Å². The monoisotopic (exact) mass is 481 g/mol. The third-order valence-electron chi connectivity index (χ3n) is 9.35. The van der Waals surface area contributed by atoms with E-state index >= 15 is 0 Å². The summed E-state index contributed by atoms with van der Waals surface area (Å²) in [5.41, 5.74) is -1.77. The highest BCUT2D eigenvalue weighted by Crippen LogP contribution is 2.63. The van der Waals surface area contributed by atoms with Crippen LogP contribution in [0.1, 0.15) is 74.0 Å². The van der Waals surface area contributed by atoms with Crippen molar-refractivity contribution >= 4 is 28.8 Å². The van der Waals surface area contributed by atoms with E-state index in [1.807, 2.05) is 39.8 Å². The molecule has 184 valence electrons. The van der Waals surface area contributed by atoms with Gasteiger partial charge >= 0.3 is 1.43 Å².